The zero-order valence-corrected chi connectivity index (χ0v) is 10.4. The van der Waals surface area contributed by atoms with Crippen molar-refractivity contribution in [3.63, 3.8) is 0 Å². The molecule has 0 aliphatic carbocycles. The van der Waals surface area contributed by atoms with E-state index in [-0.39, 0.29) is 6.10 Å². The third-order valence-corrected chi connectivity index (χ3v) is 3.21. The first-order valence-electron chi connectivity index (χ1n) is 5.45. The Bertz CT molecular complexity index is 455. The molecule has 1 aliphatic rings. The van der Waals surface area contributed by atoms with Crippen molar-refractivity contribution in [1.29, 1.82) is 0 Å². The number of rotatable bonds is 3. The van der Waals surface area contributed by atoms with Crippen LogP contribution < -0.4 is 4.90 Å². The lowest BCUT2D eigenvalue weighted by atomic mass is 10.1. The van der Waals surface area contributed by atoms with E-state index in [0.29, 0.717) is 31.9 Å². The molecule has 1 aliphatic heterocycles. The molecule has 0 atom stereocenters. The highest BCUT2D eigenvalue weighted by Crippen LogP contribution is 2.18. The van der Waals surface area contributed by atoms with Gasteiger partial charge in [-0.1, -0.05) is 0 Å². The van der Waals surface area contributed by atoms with Crippen molar-refractivity contribution < 1.29 is 12.6 Å². The lowest BCUT2D eigenvalue weighted by Crippen LogP contribution is -2.38. The van der Waals surface area contributed by atoms with Gasteiger partial charge in [0.05, 0.1) is 12.4 Å². The summed E-state index contributed by atoms with van der Waals surface area (Å²) in [5, 5.41) is 0. The predicted molar refractivity (Wildman–Crippen MR) is 63.2 cm³/mol. The Morgan fingerprint density at radius 3 is 2.41 bits per heavy atom. The van der Waals surface area contributed by atoms with Crippen LogP contribution in [0.25, 0.3) is 0 Å². The van der Waals surface area contributed by atoms with Gasteiger partial charge in [-0.15, -0.1) is 0 Å². The highest BCUT2D eigenvalue weighted by molar-refractivity contribution is 7.86. The zero-order chi connectivity index (χ0) is 12.3. The molecule has 2 heterocycles. The number of hydrogen-bond donors (Lipinski definition) is 0. The predicted octanol–water partition coefficient (Wildman–Crippen LogP) is 0.422. The largest absolute Gasteiger partial charge is 0.341 e. The molecule has 1 fully saturated rings. The fourth-order valence-corrected chi connectivity index (χ4v) is 2.54. The molecule has 0 bridgehead atoms. The van der Waals surface area contributed by atoms with Crippen LogP contribution in [-0.4, -0.2) is 43.8 Å². The van der Waals surface area contributed by atoms with Gasteiger partial charge in [-0.3, -0.25) is 4.18 Å². The monoisotopic (exact) mass is 257 g/mol. The van der Waals surface area contributed by atoms with E-state index in [2.05, 4.69) is 9.97 Å². The summed E-state index contributed by atoms with van der Waals surface area (Å²) in [5.74, 6) is 0.685. The van der Waals surface area contributed by atoms with E-state index in [0.717, 1.165) is 6.26 Å². The second-order valence-corrected chi connectivity index (χ2v) is 5.64. The van der Waals surface area contributed by atoms with Crippen molar-refractivity contribution in [2.24, 2.45) is 0 Å². The second kappa shape index (κ2) is 4.97. The van der Waals surface area contributed by atoms with Crippen molar-refractivity contribution in [2.45, 2.75) is 18.9 Å². The van der Waals surface area contributed by atoms with Gasteiger partial charge in [0.25, 0.3) is 10.1 Å². The van der Waals surface area contributed by atoms with Gasteiger partial charge in [-0.2, -0.15) is 8.42 Å². The average molecular weight is 257 g/mol. The third-order valence-electron chi connectivity index (χ3n) is 2.59. The maximum Gasteiger partial charge on any atom is 0.264 e. The van der Waals surface area contributed by atoms with Crippen LogP contribution >= 0.6 is 0 Å². The first kappa shape index (κ1) is 12.3. The molecule has 2 rings (SSSR count). The van der Waals surface area contributed by atoms with Crippen LogP contribution in [0.5, 0.6) is 0 Å². The summed E-state index contributed by atoms with van der Waals surface area (Å²) in [7, 11) is -3.36. The molecule has 1 saturated heterocycles. The Morgan fingerprint density at radius 1 is 1.29 bits per heavy atom. The molecule has 94 valence electrons. The van der Waals surface area contributed by atoms with Crippen LogP contribution in [0.1, 0.15) is 12.8 Å². The number of anilines is 1. The number of piperidine rings is 1. The van der Waals surface area contributed by atoms with Gasteiger partial charge < -0.3 is 4.90 Å². The van der Waals surface area contributed by atoms with Gasteiger partial charge >= 0.3 is 0 Å². The van der Waals surface area contributed by atoms with E-state index >= 15 is 0 Å². The quantitative estimate of drug-likeness (QED) is 0.731. The molecule has 1 aromatic rings. The van der Waals surface area contributed by atoms with Crippen molar-refractivity contribution in [1.82, 2.24) is 9.97 Å². The Balaban J connectivity index is 1.91. The first-order chi connectivity index (χ1) is 8.04. The van der Waals surface area contributed by atoms with E-state index in [1.807, 2.05) is 4.90 Å². The van der Waals surface area contributed by atoms with Crippen molar-refractivity contribution in [2.75, 3.05) is 24.2 Å². The second-order valence-electron chi connectivity index (χ2n) is 4.04. The molecule has 0 N–H and O–H groups in total. The van der Waals surface area contributed by atoms with Crippen LogP contribution in [-0.2, 0) is 14.3 Å². The van der Waals surface area contributed by atoms with Crippen LogP contribution in [0, 0.1) is 0 Å². The molecule has 0 aromatic carbocycles. The highest BCUT2D eigenvalue weighted by atomic mass is 32.2. The van der Waals surface area contributed by atoms with Crippen LogP contribution in [0.15, 0.2) is 18.5 Å². The number of aromatic nitrogens is 2. The van der Waals surface area contributed by atoms with E-state index in [1.165, 1.54) is 0 Å². The summed E-state index contributed by atoms with van der Waals surface area (Å²) in [5.41, 5.74) is 0. The van der Waals surface area contributed by atoms with E-state index < -0.39 is 10.1 Å². The fourth-order valence-electron chi connectivity index (χ4n) is 1.85. The lowest BCUT2D eigenvalue weighted by molar-refractivity contribution is 0.179. The molecule has 1 aromatic heterocycles. The maximum absolute atomic E-state index is 11.0. The summed E-state index contributed by atoms with van der Waals surface area (Å²) in [4.78, 5) is 10.3. The molecule has 0 radical (unpaired) electrons. The lowest BCUT2D eigenvalue weighted by Gasteiger charge is -2.30. The first-order valence-corrected chi connectivity index (χ1v) is 7.26. The molecule has 0 unspecified atom stereocenters. The summed E-state index contributed by atoms with van der Waals surface area (Å²) in [6, 6.07) is 1.77. The van der Waals surface area contributed by atoms with Gasteiger partial charge in [0.2, 0.25) is 5.95 Å². The minimum absolute atomic E-state index is 0.218. The minimum Gasteiger partial charge on any atom is -0.341 e. The molecule has 6 nitrogen and oxygen atoms in total. The molecular formula is C10H15N3O3S. The summed E-state index contributed by atoms with van der Waals surface area (Å²) in [6.45, 7) is 1.42. The number of nitrogens with zero attached hydrogens (tertiary/aromatic N) is 3. The van der Waals surface area contributed by atoms with E-state index in [4.69, 9.17) is 4.18 Å². The normalized spacial score (nSPS) is 18.3. The minimum atomic E-state index is -3.36. The molecule has 0 saturated carbocycles. The zero-order valence-electron chi connectivity index (χ0n) is 9.61. The maximum atomic E-state index is 11.0. The van der Waals surface area contributed by atoms with Crippen molar-refractivity contribution >= 4 is 16.1 Å². The van der Waals surface area contributed by atoms with Gasteiger partial charge in [0.15, 0.2) is 0 Å². The molecular weight excluding hydrogens is 242 g/mol. The molecule has 7 heteroatoms. The standard InChI is InChI=1S/C10H15N3O3S/c1-17(14,15)16-9-3-7-13(8-4-9)10-11-5-2-6-12-10/h2,5-6,9H,3-4,7-8H2,1H3. The van der Waals surface area contributed by atoms with E-state index in [1.54, 1.807) is 18.5 Å². The van der Waals surface area contributed by atoms with Crippen LogP contribution in [0.2, 0.25) is 0 Å². The van der Waals surface area contributed by atoms with Gasteiger partial charge in [0, 0.05) is 25.5 Å². The van der Waals surface area contributed by atoms with Gasteiger partial charge in [0.1, 0.15) is 0 Å². The highest BCUT2D eigenvalue weighted by Gasteiger charge is 2.23. The summed E-state index contributed by atoms with van der Waals surface area (Å²) in [6.07, 6.45) is 5.60. The Hall–Kier alpha value is -1.21. The molecule has 17 heavy (non-hydrogen) atoms. The van der Waals surface area contributed by atoms with Crippen molar-refractivity contribution in [3.05, 3.63) is 18.5 Å². The summed E-state index contributed by atoms with van der Waals surface area (Å²) < 4.78 is 26.9. The van der Waals surface area contributed by atoms with Gasteiger partial charge in [-0.05, 0) is 18.9 Å². The number of hydrogen-bond acceptors (Lipinski definition) is 6. The van der Waals surface area contributed by atoms with Gasteiger partial charge in [-0.25, -0.2) is 9.97 Å². The van der Waals surface area contributed by atoms with Crippen LogP contribution in [0.4, 0.5) is 5.95 Å². The van der Waals surface area contributed by atoms with Crippen molar-refractivity contribution in [3.8, 4) is 0 Å². The Labute approximate surface area is 101 Å². The Morgan fingerprint density at radius 2 is 1.88 bits per heavy atom. The average Bonchev–Trinajstić information content (AvgIpc) is 2.29. The van der Waals surface area contributed by atoms with Crippen LogP contribution in [0.3, 0.4) is 0 Å². The molecule has 0 amide bonds. The third kappa shape index (κ3) is 3.64. The SMILES string of the molecule is CS(=O)(=O)OC1CCN(c2ncccn2)CC1. The topological polar surface area (TPSA) is 72.4 Å². The van der Waals surface area contributed by atoms with E-state index in [9.17, 15) is 8.42 Å². The Kier molecular flexibility index (Phi) is 3.58. The fraction of sp³-hybridized carbons (Fsp3) is 0.600. The summed E-state index contributed by atoms with van der Waals surface area (Å²) >= 11 is 0. The smallest absolute Gasteiger partial charge is 0.264 e. The molecule has 0 spiro atoms.